The van der Waals surface area contributed by atoms with E-state index in [1.165, 1.54) is 23.0 Å². The molecule has 1 aromatic carbocycles. The van der Waals surface area contributed by atoms with E-state index in [0.29, 0.717) is 17.5 Å². The molecule has 2 rings (SSSR count). The molecule has 20 heavy (non-hydrogen) atoms. The van der Waals surface area contributed by atoms with Crippen molar-refractivity contribution < 1.29 is 18.0 Å². The third-order valence-corrected chi connectivity index (χ3v) is 2.88. The van der Waals surface area contributed by atoms with Crippen LogP contribution in [0.25, 0.3) is 5.69 Å². The molecule has 1 aromatic heterocycles. The number of carbonyl (C=O) groups is 1. The number of rotatable bonds is 3. The van der Waals surface area contributed by atoms with Crippen LogP contribution in [0.4, 0.5) is 13.2 Å². The first-order valence-corrected chi connectivity index (χ1v) is 6.05. The van der Waals surface area contributed by atoms with Gasteiger partial charge in [0, 0.05) is 6.20 Å². The lowest BCUT2D eigenvalue weighted by Crippen LogP contribution is -2.06. The minimum Gasteiger partial charge on any atom is -0.298 e. The van der Waals surface area contributed by atoms with Gasteiger partial charge in [0.1, 0.15) is 0 Å². The third kappa shape index (κ3) is 2.74. The van der Waals surface area contributed by atoms with Crippen molar-refractivity contribution in [2.24, 2.45) is 0 Å². The van der Waals surface area contributed by atoms with Gasteiger partial charge in [-0.1, -0.05) is 19.9 Å². The number of alkyl halides is 3. The molecule has 0 unspecified atom stereocenters. The van der Waals surface area contributed by atoms with E-state index in [0.717, 1.165) is 12.1 Å². The quantitative estimate of drug-likeness (QED) is 0.802. The van der Waals surface area contributed by atoms with Crippen LogP contribution in [-0.4, -0.2) is 16.1 Å². The Hall–Kier alpha value is -2.11. The SMILES string of the molecule is CC(C)c1nn(-c2cccc(C(F)(F)F)c2)cc1C=O. The van der Waals surface area contributed by atoms with E-state index in [9.17, 15) is 18.0 Å². The van der Waals surface area contributed by atoms with E-state index < -0.39 is 11.7 Å². The van der Waals surface area contributed by atoms with E-state index in [4.69, 9.17) is 0 Å². The van der Waals surface area contributed by atoms with Crippen LogP contribution in [0.2, 0.25) is 0 Å². The molecule has 0 N–H and O–H groups in total. The smallest absolute Gasteiger partial charge is 0.298 e. The summed E-state index contributed by atoms with van der Waals surface area (Å²) in [5.74, 6) is 0.0160. The molecule has 0 aliphatic heterocycles. The molecule has 6 heteroatoms. The number of aldehydes is 1. The Bertz CT molecular complexity index is 630. The van der Waals surface area contributed by atoms with Gasteiger partial charge in [-0.3, -0.25) is 4.79 Å². The summed E-state index contributed by atoms with van der Waals surface area (Å²) in [5, 5.41) is 4.19. The van der Waals surface area contributed by atoms with Crippen molar-refractivity contribution in [3.63, 3.8) is 0 Å². The minimum absolute atomic E-state index is 0.0160. The third-order valence-electron chi connectivity index (χ3n) is 2.88. The molecule has 0 saturated heterocycles. The number of hydrogen-bond donors (Lipinski definition) is 0. The Kier molecular flexibility index (Phi) is 3.65. The van der Waals surface area contributed by atoms with Crippen LogP contribution in [0, 0.1) is 0 Å². The van der Waals surface area contributed by atoms with E-state index in [2.05, 4.69) is 5.10 Å². The first-order valence-electron chi connectivity index (χ1n) is 6.05. The summed E-state index contributed by atoms with van der Waals surface area (Å²) in [5.41, 5.74) is 0.480. The van der Waals surface area contributed by atoms with Crippen molar-refractivity contribution in [1.29, 1.82) is 0 Å². The van der Waals surface area contributed by atoms with E-state index in [-0.39, 0.29) is 11.6 Å². The number of hydrogen-bond acceptors (Lipinski definition) is 2. The highest BCUT2D eigenvalue weighted by molar-refractivity contribution is 5.76. The van der Waals surface area contributed by atoms with Crippen molar-refractivity contribution in [3.8, 4) is 5.69 Å². The number of nitrogens with zero attached hydrogens (tertiary/aromatic N) is 2. The van der Waals surface area contributed by atoms with Gasteiger partial charge in [0.25, 0.3) is 0 Å². The summed E-state index contributed by atoms with van der Waals surface area (Å²) in [4.78, 5) is 11.0. The molecular weight excluding hydrogens is 269 g/mol. The molecule has 0 saturated carbocycles. The van der Waals surface area contributed by atoms with Gasteiger partial charge < -0.3 is 0 Å². The standard InChI is InChI=1S/C14H13F3N2O/c1-9(2)13-10(8-20)7-19(18-13)12-5-3-4-11(6-12)14(15,16)17/h3-9H,1-2H3. The fourth-order valence-corrected chi connectivity index (χ4v) is 1.90. The van der Waals surface area contributed by atoms with Crippen LogP contribution in [0.15, 0.2) is 30.5 Å². The molecule has 3 nitrogen and oxygen atoms in total. The lowest BCUT2D eigenvalue weighted by molar-refractivity contribution is -0.137. The molecule has 0 amide bonds. The van der Waals surface area contributed by atoms with Crippen LogP contribution in [0.1, 0.15) is 41.4 Å². The summed E-state index contributed by atoms with van der Waals surface area (Å²) in [7, 11) is 0. The monoisotopic (exact) mass is 282 g/mol. The maximum atomic E-state index is 12.7. The van der Waals surface area contributed by atoms with Crippen LogP contribution < -0.4 is 0 Å². The zero-order valence-corrected chi connectivity index (χ0v) is 11.0. The Labute approximate surface area is 114 Å². The van der Waals surface area contributed by atoms with Crippen molar-refractivity contribution in [2.45, 2.75) is 25.9 Å². The molecule has 0 bridgehead atoms. The van der Waals surface area contributed by atoms with Crippen LogP contribution in [0.3, 0.4) is 0 Å². The fraction of sp³-hybridized carbons (Fsp3) is 0.286. The lowest BCUT2D eigenvalue weighted by atomic mass is 10.1. The van der Waals surface area contributed by atoms with Crippen LogP contribution >= 0.6 is 0 Å². The maximum Gasteiger partial charge on any atom is 0.416 e. The number of carbonyl (C=O) groups excluding carboxylic acids is 1. The summed E-state index contributed by atoms with van der Waals surface area (Å²) in [6.07, 6.45) is -2.30. The van der Waals surface area contributed by atoms with Gasteiger partial charge in [-0.2, -0.15) is 18.3 Å². The second-order valence-corrected chi connectivity index (χ2v) is 4.73. The minimum atomic E-state index is -4.41. The van der Waals surface area contributed by atoms with Gasteiger partial charge in [0.15, 0.2) is 6.29 Å². The maximum absolute atomic E-state index is 12.7. The summed E-state index contributed by atoms with van der Waals surface area (Å²) in [6, 6.07) is 4.83. The second-order valence-electron chi connectivity index (χ2n) is 4.73. The zero-order valence-electron chi connectivity index (χ0n) is 11.0. The molecule has 1 heterocycles. The van der Waals surface area contributed by atoms with Crippen molar-refractivity contribution >= 4 is 6.29 Å². The van der Waals surface area contributed by atoms with Gasteiger partial charge >= 0.3 is 6.18 Å². The van der Waals surface area contributed by atoms with Crippen molar-refractivity contribution in [1.82, 2.24) is 9.78 Å². The first-order chi connectivity index (χ1) is 9.32. The largest absolute Gasteiger partial charge is 0.416 e. The molecule has 2 aromatic rings. The van der Waals surface area contributed by atoms with Gasteiger partial charge in [0.2, 0.25) is 0 Å². The molecule has 0 fully saturated rings. The Morgan fingerprint density at radius 1 is 1.30 bits per heavy atom. The summed E-state index contributed by atoms with van der Waals surface area (Å²) in [6.45, 7) is 3.73. The summed E-state index contributed by atoms with van der Waals surface area (Å²) >= 11 is 0. The molecule has 0 aliphatic rings. The van der Waals surface area contributed by atoms with E-state index in [1.54, 1.807) is 0 Å². The van der Waals surface area contributed by atoms with E-state index in [1.807, 2.05) is 13.8 Å². The number of aromatic nitrogens is 2. The van der Waals surface area contributed by atoms with Gasteiger partial charge in [0.05, 0.1) is 22.5 Å². The molecule has 0 aliphatic carbocycles. The molecule has 106 valence electrons. The first kappa shape index (κ1) is 14.3. The fourth-order valence-electron chi connectivity index (χ4n) is 1.90. The number of benzene rings is 1. The van der Waals surface area contributed by atoms with Crippen LogP contribution in [-0.2, 0) is 6.18 Å². The Balaban J connectivity index is 2.49. The zero-order chi connectivity index (χ0) is 14.9. The van der Waals surface area contributed by atoms with Crippen molar-refractivity contribution in [3.05, 3.63) is 47.3 Å². The van der Waals surface area contributed by atoms with Gasteiger partial charge in [-0.25, -0.2) is 4.68 Å². The molecule has 0 spiro atoms. The summed E-state index contributed by atoms with van der Waals surface area (Å²) < 4.78 is 39.3. The second kappa shape index (κ2) is 5.11. The van der Waals surface area contributed by atoms with Gasteiger partial charge in [-0.05, 0) is 24.1 Å². The number of halogens is 3. The molecular formula is C14H13F3N2O. The van der Waals surface area contributed by atoms with E-state index >= 15 is 0 Å². The average molecular weight is 282 g/mol. The molecule has 0 radical (unpaired) electrons. The lowest BCUT2D eigenvalue weighted by Gasteiger charge is -2.08. The molecule has 0 atom stereocenters. The Morgan fingerprint density at radius 2 is 2.00 bits per heavy atom. The predicted molar refractivity (Wildman–Crippen MR) is 68.0 cm³/mol. The average Bonchev–Trinajstić information content (AvgIpc) is 2.82. The normalized spacial score (nSPS) is 11.9. The predicted octanol–water partition coefficient (Wildman–Crippen LogP) is 3.83. The van der Waals surface area contributed by atoms with Crippen LogP contribution in [0.5, 0.6) is 0 Å². The van der Waals surface area contributed by atoms with Gasteiger partial charge in [-0.15, -0.1) is 0 Å². The highest BCUT2D eigenvalue weighted by Crippen LogP contribution is 2.30. The highest BCUT2D eigenvalue weighted by atomic mass is 19.4. The Morgan fingerprint density at radius 3 is 2.50 bits per heavy atom. The topological polar surface area (TPSA) is 34.9 Å². The van der Waals surface area contributed by atoms with Crippen molar-refractivity contribution in [2.75, 3.05) is 0 Å². The highest BCUT2D eigenvalue weighted by Gasteiger charge is 2.30.